The average molecular weight is 448 g/mol. The molecule has 0 bridgehead atoms. The first-order valence-electron chi connectivity index (χ1n) is 10.2. The van der Waals surface area contributed by atoms with Crippen LogP contribution in [0.4, 0.5) is 10.1 Å². The van der Waals surface area contributed by atoms with Crippen LogP contribution in [0.3, 0.4) is 0 Å². The minimum atomic E-state index is -3.63. The van der Waals surface area contributed by atoms with E-state index in [-0.39, 0.29) is 28.6 Å². The SMILES string of the molecule is CC(=O)Nc1ccc(S(=O)(=O)N2CCC(NC(=O)CCc3ccc(F)cc3)CC2)cc1. The van der Waals surface area contributed by atoms with Crippen molar-refractivity contribution >= 4 is 27.5 Å². The molecule has 0 radical (unpaired) electrons. The molecule has 1 aliphatic heterocycles. The first-order valence-corrected chi connectivity index (χ1v) is 11.6. The van der Waals surface area contributed by atoms with Crippen LogP contribution in [0.1, 0.15) is 31.7 Å². The van der Waals surface area contributed by atoms with Gasteiger partial charge in [0.25, 0.3) is 0 Å². The minimum Gasteiger partial charge on any atom is -0.353 e. The Kier molecular flexibility index (Phi) is 7.40. The highest BCUT2D eigenvalue weighted by Gasteiger charge is 2.29. The monoisotopic (exact) mass is 447 g/mol. The number of benzene rings is 2. The van der Waals surface area contributed by atoms with Crippen molar-refractivity contribution in [3.05, 3.63) is 59.9 Å². The van der Waals surface area contributed by atoms with Gasteiger partial charge in [-0.25, -0.2) is 12.8 Å². The van der Waals surface area contributed by atoms with Crippen LogP contribution < -0.4 is 10.6 Å². The Bertz CT molecular complexity index is 1020. The van der Waals surface area contributed by atoms with Gasteiger partial charge in [-0.05, 0) is 61.2 Å². The molecule has 7 nitrogen and oxygen atoms in total. The molecule has 1 fully saturated rings. The molecule has 31 heavy (non-hydrogen) atoms. The summed E-state index contributed by atoms with van der Waals surface area (Å²) < 4.78 is 40.1. The van der Waals surface area contributed by atoms with Crippen molar-refractivity contribution in [1.82, 2.24) is 9.62 Å². The van der Waals surface area contributed by atoms with E-state index in [9.17, 15) is 22.4 Å². The van der Waals surface area contributed by atoms with E-state index in [1.54, 1.807) is 24.3 Å². The van der Waals surface area contributed by atoms with Gasteiger partial charge >= 0.3 is 0 Å². The van der Waals surface area contributed by atoms with Gasteiger partial charge in [-0.15, -0.1) is 0 Å². The minimum absolute atomic E-state index is 0.0747. The molecule has 0 aliphatic carbocycles. The van der Waals surface area contributed by atoms with Gasteiger partial charge in [-0.1, -0.05) is 12.1 Å². The van der Waals surface area contributed by atoms with Crippen molar-refractivity contribution < 1.29 is 22.4 Å². The fraction of sp³-hybridized carbons (Fsp3) is 0.364. The van der Waals surface area contributed by atoms with Crippen molar-refractivity contribution in [2.45, 2.75) is 43.5 Å². The summed E-state index contributed by atoms with van der Waals surface area (Å²) in [4.78, 5) is 23.5. The van der Waals surface area contributed by atoms with Gasteiger partial charge in [0.15, 0.2) is 0 Å². The highest BCUT2D eigenvalue weighted by molar-refractivity contribution is 7.89. The number of sulfonamides is 1. The van der Waals surface area contributed by atoms with Gasteiger partial charge in [0.1, 0.15) is 5.82 Å². The quantitative estimate of drug-likeness (QED) is 0.682. The molecular formula is C22H26FN3O4S. The number of carbonyl (C=O) groups is 2. The van der Waals surface area contributed by atoms with Crippen LogP contribution in [0.25, 0.3) is 0 Å². The van der Waals surface area contributed by atoms with Crippen molar-refractivity contribution in [2.75, 3.05) is 18.4 Å². The van der Waals surface area contributed by atoms with E-state index in [1.165, 1.54) is 35.5 Å². The van der Waals surface area contributed by atoms with Crippen molar-refractivity contribution in [3.8, 4) is 0 Å². The topological polar surface area (TPSA) is 95.6 Å². The van der Waals surface area contributed by atoms with E-state index in [4.69, 9.17) is 0 Å². The van der Waals surface area contributed by atoms with Crippen LogP contribution in [-0.2, 0) is 26.0 Å². The Morgan fingerprint density at radius 2 is 1.65 bits per heavy atom. The van der Waals surface area contributed by atoms with Crippen molar-refractivity contribution in [2.24, 2.45) is 0 Å². The Labute approximate surface area is 181 Å². The number of rotatable bonds is 7. The Hall–Kier alpha value is -2.78. The second-order valence-corrected chi connectivity index (χ2v) is 9.52. The molecule has 2 aromatic carbocycles. The Morgan fingerprint density at radius 1 is 1.03 bits per heavy atom. The molecule has 0 saturated carbocycles. The molecule has 1 heterocycles. The van der Waals surface area contributed by atoms with Crippen LogP contribution in [-0.4, -0.2) is 43.7 Å². The lowest BCUT2D eigenvalue weighted by Gasteiger charge is -2.31. The maximum atomic E-state index is 12.9. The third-order valence-corrected chi connectivity index (χ3v) is 7.10. The van der Waals surface area contributed by atoms with Crippen molar-refractivity contribution in [3.63, 3.8) is 0 Å². The summed E-state index contributed by atoms with van der Waals surface area (Å²) in [5.41, 5.74) is 1.43. The molecule has 1 saturated heterocycles. The van der Waals surface area contributed by atoms with Crippen LogP contribution in [0.5, 0.6) is 0 Å². The zero-order chi connectivity index (χ0) is 22.4. The number of piperidine rings is 1. The smallest absolute Gasteiger partial charge is 0.243 e. The summed E-state index contributed by atoms with van der Waals surface area (Å²) in [7, 11) is -3.63. The summed E-state index contributed by atoms with van der Waals surface area (Å²) in [5.74, 6) is -0.629. The van der Waals surface area contributed by atoms with Crippen LogP contribution in [0.15, 0.2) is 53.4 Å². The summed E-state index contributed by atoms with van der Waals surface area (Å²) in [6.07, 6.45) is 1.88. The van der Waals surface area contributed by atoms with E-state index >= 15 is 0 Å². The molecule has 0 spiro atoms. The largest absolute Gasteiger partial charge is 0.353 e. The van der Waals surface area contributed by atoms with E-state index in [0.717, 1.165) is 5.56 Å². The number of carbonyl (C=O) groups excluding carboxylic acids is 2. The van der Waals surface area contributed by atoms with E-state index < -0.39 is 10.0 Å². The number of anilines is 1. The maximum absolute atomic E-state index is 12.9. The molecular weight excluding hydrogens is 421 g/mol. The van der Waals surface area contributed by atoms with Crippen LogP contribution in [0, 0.1) is 5.82 Å². The Morgan fingerprint density at radius 3 is 2.23 bits per heavy atom. The molecule has 1 aliphatic rings. The molecule has 166 valence electrons. The lowest BCUT2D eigenvalue weighted by molar-refractivity contribution is -0.122. The average Bonchev–Trinajstić information content (AvgIpc) is 2.74. The number of aryl methyl sites for hydroxylation is 1. The van der Waals surface area contributed by atoms with Gasteiger partial charge in [-0.3, -0.25) is 9.59 Å². The van der Waals surface area contributed by atoms with E-state index in [0.29, 0.717) is 44.5 Å². The standard InChI is InChI=1S/C22H26FN3O4S/c1-16(27)24-19-7-9-21(10-8-19)31(29,30)26-14-12-20(13-15-26)25-22(28)11-4-17-2-5-18(23)6-3-17/h2-3,5-10,20H,4,11-15H2,1H3,(H,24,27)(H,25,28). The van der Waals surface area contributed by atoms with Gasteiger partial charge in [-0.2, -0.15) is 4.31 Å². The molecule has 2 N–H and O–H groups in total. The second-order valence-electron chi connectivity index (χ2n) is 7.58. The first kappa shape index (κ1) is 22.9. The number of amides is 2. The predicted molar refractivity (Wildman–Crippen MR) is 115 cm³/mol. The number of nitrogens with one attached hydrogen (secondary N) is 2. The maximum Gasteiger partial charge on any atom is 0.243 e. The molecule has 2 amide bonds. The lowest BCUT2D eigenvalue weighted by Crippen LogP contribution is -2.46. The number of hydrogen-bond acceptors (Lipinski definition) is 4. The summed E-state index contributed by atoms with van der Waals surface area (Å²) in [6.45, 7) is 2.02. The molecule has 0 aromatic heterocycles. The number of hydrogen-bond donors (Lipinski definition) is 2. The summed E-state index contributed by atoms with van der Waals surface area (Å²) >= 11 is 0. The zero-order valence-electron chi connectivity index (χ0n) is 17.3. The highest BCUT2D eigenvalue weighted by atomic mass is 32.2. The number of halogens is 1. The second kappa shape index (κ2) is 10.0. The normalized spacial score (nSPS) is 15.4. The Balaban J connectivity index is 1.48. The van der Waals surface area contributed by atoms with Gasteiger partial charge in [0, 0.05) is 38.2 Å². The zero-order valence-corrected chi connectivity index (χ0v) is 18.1. The molecule has 9 heteroatoms. The molecule has 3 rings (SSSR count). The third kappa shape index (κ3) is 6.35. The molecule has 0 unspecified atom stereocenters. The summed E-state index contributed by atoms with van der Waals surface area (Å²) in [5, 5.41) is 5.57. The molecule has 0 atom stereocenters. The van der Waals surface area contributed by atoms with Gasteiger partial charge < -0.3 is 10.6 Å². The highest BCUT2D eigenvalue weighted by Crippen LogP contribution is 2.22. The summed E-state index contributed by atoms with van der Waals surface area (Å²) in [6, 6.07) is 12.1. The van der Waals surface area contributed by atoms with Crippen molar-refractivity contribution in [1.29, 1.82) is 0 Å². The number of nitrogens with zero attached hydrogens (tertiary/aromatic N) is 1. The molecule has 2 aromatic rings. The lowest BCUT2D eigenvalue weighted by atomic mass is 10.1. The third-order valence-electron chi connectivity index (χ3n) is 5.19. The fourth-order valence-corrected chi connectivity index (χ4v) is 4.98. The van der Waals surface area contributed by atoms with E-state index in [2.05, 4.69) is 10.6 Å². The van der Waals surface area contributed by atoms with Crippen LogP contribution >= 0.6 is 0 Å². The predicted octanol–water partition coefficient (Wildman–Crippen LogP) is 2.69. The van der Waals surface area contributed by atoms with Gasteiger partial charge in [0.05, 0.1) is 4.90 Å². The fourth-order valence-electron chi connectivity index (χ4n) is 3.51. The first-order chi connectivity index (χ1) is 14.7. The van der Waals surface area contributed by atoms with Gasteiger partial charge in [0.2, 0.25) is 21.8 Å². The van der Waals surface area contributed by atoms with Crippen LogP contribution in [0.2, 0.25) is 0 Å². The van der Waals surface area contributed by atoms with E-state index in [1.807, 2.05) is 0 Å².